The standard InChI is InChI=1S/C19H19ClN2O3/c1-12-19(24)22-16-11-15(9-10-17(16)25-12)21-18(23)4-2-3-13-5-7-14(20)8-6-13/h5-12H,2-4H2,1H3,(H,21,23)(H,22,24). The highest BCUT2D eigenvalue weighted by atomic mass is 35.5. The van der Waals surface area contributed by atoms with Crippen LogP contribution in [0.15, 0.2) is 42.5 Å². The molecule has 1 aliphatic heterocycles. The Balaban J connectivity index is 1.52. The molecule has 2 aromatic carbocycles. The van der Waals surface area contributed by atoms with E-state index in [0.717, 1.165) is 18.4 Å². The second-order valence-electron chi connectivity index (χ2n) is 5.99. The quantitative estimate of drug-likeness (QED) is 0.848. The summed E-state index contributed by atoms with van der Waals surface area (Å²) < 4.78 is 5.49. The highest BCUT2D eigenvalue weighted by Crippen LogP contribution is 2.32. The van der Waals surface area contributed by atoms with Crippen molar-refractivity contribution in [2.75, 3.05) is 10.6 Å². The Morgan fingerprint density at radius 3 is 2.76 bits per heavy atom. The first kappa shape index (κ1) is 17.3. The number of fused-ring (bicyclic) bond motifs is 1. The zero-order chi connectivity index (χ0) is 17.8. The number of carbonyl (C=O) groups is 2. The molecule has 2 amide bonds. The fraction of sp³-hybridized carbons (Fsp3) is 0.263. The molecule has 0 radical (unpaired) electrons. The zero-order valence-electron chi connectivity index (χ0n) is 13.8. The van der Waals surface area contributed by atoms with E-state index in [2.05, 4.69) is 10.6 Å². The van der Waals surface area contributed by atoms with Crippen LogP contribution in [0, 0.1) is 0 Å². The van der Waals surface area contributed by atoms with Gasteiger partial charge in [-0.2, -0.15) is 0 Å². The Morgan fingerprint density at radius 1 is 1.24 bits per heavy atom. The fourth-order valence-electron chi connectivity index (χ4n) is 2.61. The summed E-state index contributed by atoms with van der Waals surface area (Å²) in [6.07, 6.45) is 1.46. The van der Waals surface area contributed by atoms with Gasteiger partial charge in [0, 0.05) is 17.1 Å². The Kier molecular flexibility index (Phi) is 5.24. The van der Waals surface area contributed by atoms with Crippen LogP contribution in [0.4, 0.5) is 11.4 Å². The van der Waals surface area contributed by atoms with Gasteiger partial charge in [0.25, 0.3) is 5.91 Å². The summed E-state index contributed by atoms with van der Waals surface area (Å²) >= 11 is 5.85. The molecule has 3 rings (SSSR count). The summed E-state index contributed by atoms with van der Waals surface area (Å²) in [7, 11) is 0. The van der Waals surface area contributed by atoms with E-state index in [4.69, 9.17) is 16.3 Å². The molecule has 5 nitrogen and oxygen atoms in total. The summed E-state index contributed by atoms with van der Waals surface area (Å²) in [5, 5.41) is 6.32. The van der Waals surface area contributed by atoms with Crippen LogP contribution >= 0.6 is 11.6 Å². The minimum Gasteiger partial charge on any atom is -0.479 e. The van der Waals surface area contributed by atoms with Gasteiger partial charge in [-0.05, 0) is 55.7 Å². The van der Waals surface area contributed by atoms with Crippen LogP contribution in [-0.4, -0.2) is 17.9 Å². The maximum Gasteiger partial charge on any atom is 0.265 e. The number of anilines is 2. The molecule has 0 fully saturated rings. The highest BCUT2D eigenvalue weighted by molar-refractivity contribution is 6.30. The second kappa shape index (κ2) is 7.57. The number of hydrogen-bond acceptors (Lipinski definition) is 3. The van der Waals surface area contributed by atoms with Gasteiger partial charge in [0.2, 0.25) is 5.91 Å². The van der Waals surface area contributed by atoms with E-state index >= 15 is 0 Å². The molecule has 1 aliphatic rings. The Bertz CT molecular complexity index is 790. The Morgan fingerprint density at radius 2 is 2.00 bits per heavy atom. The number of hydrogen-bond donors (Lipinski definition) is 2. The predicted molar refractivity (Wildman–Crippen MR) is 98.2 cm³/mol. The smallest absolute Gasteiger partial charge is 0.265 e. The van der Waals surface area contributed by atoms with Crippen molar-refractivity contribution in [2.24, 2.45) is 0 Å². The minimum absolute atomic E-state index is 0.0645. The van der Waals surface area contributed by atoms with Gasteiger partial charge in [0.05, 0.1) is 5.69 Å². The van der Waals surface area contributed by atoms with E-state index in [1.54, 1.807) is 25.1 Å². The number of rotatable bonds is 5. The molecule has 2 N–H and O–H groups in total. The number of nitrogens with one attached hydrogen (secondary N) is 2. The number of halogens is 1. The first-order chi connectivity index (χ1) is 12.0. The summed E-state index contributed by atoms with van der Waals surface area (Å²) in [5.74, 6) is 0.345. The molecule has 1 heterocycles. The lowest BCUT2D eigenvalue weighted by atomic mass is 10.1. The van der Waals surface area contributed by atoms with Crippen molar-refractivity contribution < 1.29 is 14.3 Å². The van der Waals surface area contributed by atoms with Crippen molar-refractivity contribution in [1.82, 2.24) is 0 Å². The van der Waals surface area contributed by atoms with Gasteiger partial charge in [-0.25, -0.2) is 0 Å². The average molecular weight is 359 g/mol. The van der Waals surface area contributed by atoms with Gasteiger partial charge in [0.15, 0.2) is 6.10 Å². The maximum atomic E-state index is 12.1. The molecule has 0 aromatic heterocycles. The SMILES string of the molecule is CC1Oc2ccc(NC(=O)CCCc3ccc(Cl)cc3)cc2NC1=O. The second-order valence-corrected chi connectivity index (χ2v) is 6.42. The van der Waals surface area contributed by atoms with Crippen LogP contribution < -0.4 is 15.4 Å². The van der Waals surface area contributed by atoms with E-state index in [-0.39, 0.29) is 11.8 Å². The van der Waals surface area contributed by atoms with Crippen molar-refractivity contribution >= 4 is 34.8 Å². The van der Waals surface area contributed by atoms with Crippen LogP contribution in [0.2, 0.25) is 5.02 Å². The molecule has 0 bridgehead atoms. The summed E-state index contributed by atoms with van der Waals surface area (Å²) in [6, 6.07) is 12.8. The van der Waals surface area contributed by atoms with Crippen LogP contribution in [0.5, 0.6) is 5.75 Å². The third-order valence-corrected chi connectivity index (χ3v) is 4.23. The third-order valence-electron chi connectivity index (χ3n) is 3.98. The maximum absolute atomic E-state index is 12.1. The lowest BCUT2D eigenvalue weighted by Crippen LogP contribution is -2.34. The molecule has 0 saturated carbocycles. The van der Waals surface area contributed by atoms with Crippen LogP contribution in [0.1, 0.15) is 25.3 Å². The van der Waals surface area contributed by atoms with Crippen molar-refractivity contribution in [3.63, 3.8) is 0 Å². The third kappa shape index (κ3) is 4.51. The van der Waals surface area contributed by atoms with Crippen molar-refractivity contribution in [3.05, 3.63) is 53.1 Å². The van der Waals surface area contributed by atoms with Crippen molar-refractivity contribution in [1.29, 1.82) is 0 Å². The first-order valence-electron chi connectivity index (χ1n) is 8.17. The van der Waals surface area contributed by atoms with Gasteiger partial charge in [-0.3, -0.25) is 9.59 Å². The number of benzene rings is 2. The van der Waals surface area contributed by atoms with Gasteiger partial charge in [-0.1, -0.05) is 23.7 Å². The van der Waals surface area contributed by atoms with E-state index < -0.39 is 6.10 Å². The topological polar surface area (TPSA) is 67.4 Å². The van der Waals surface area contributed by atoms with Crippen molar-refractivity contribution in [2.45, 2.75) is 32.3 Å². The van der Waals surface area contributed by atoms with Gasteiger partial charge < -0.3 is 15.4 Å². The number of ether oxygens (including phenoxy) is 1. The van der Waals surface area contributed by atoms with E-state index in [1.165, 1.54) is 0 Å². The molecular weight excluding hydrogens is 340 g/mol. The lowest BCUT2D eigenvalue weighted by molar-refractivity contribution is -0.122. The fourth-order valence-corrected chi connectivity index (χ4v) is 2.74. The Hall–Kier alpha value is -2.53. The number of carbonyl (C=O) groups excluding carboxylic acids is 2. The molecule has 0 saturated heterocycles. The number of amides is 2. The predicted octanol–water partition coefficient (Wildman–Crippen LogP) is 4.02. The van der Waals surface area contributed by atoms with Gasteiger partial charge in [-0.15, -0.1) is 0 Å². The van der Waals surface area contributed by atoms with Gasteiger partial charge in [0.1, 0.15) is 5.75 Å². The molecular formula is C19H19ClN2O3. The summed E-state index contributed by atoms with van der Waals surface area (Å²) in [5.41, 5.74) is 2.36. The molecule has 25 heavy (non-hydrogen) atoms. The van der Waals surface area contributed by atoms with Crippen LogP contribution in [0.3, 0.4) is 0 Å². The minimum atomic E-state index is -0.513. The molecule has 0 spiro atoms. The van der Waals surface area contributed by atoms with Crippen molar-refractivity contribution in [3.8, 4) is 5.75 Å². The van der Waals surface area contributed by atoms with E-state index in [0.29, 0.717) is 28.6 Å². The molecule has 1 unspecified atom stereocenters. The zero-order valence-corrected chi connectivity index (χ0v) is 14.6. The largest absolute Gasteiger partial charge is 0.479 e. The molecule has 130 valence electrons. The molecule has 6 heteroatoms. The van der Waals surface area contributed by atoms with Gasteiger partial charge >= 0.3 is 0 Å². The van der Waals surface area contributed by atoms with Crippen LogP contribution in [-0.2, 0) is 16.0 Å². The highest BCUT2D eigenvalue weighted by Gasteiger charge is 2.23. The lowest BCUT2D eigenvalue weighted by Gasteiger charge is -2.23. The first-order valence-corrected chi connectivity index (χ1v) is 8.55. The normalized spacial score (nSPS) is 15.8. The number of aryl methyl sites for hydroxylation is 1. The summed E-state index contributed by atoms with van der Waals surface area (Å²) in [6.45, 7) is 1.69. The monoisotopic (exact) mass is 358 g/mol. The molecule has 2 aromatic rings. The van der Waals surface area contributed by atoms with E-state index in [1.807, 2.05) is 24.3 Å². The van der Waals surface area contributed by atoms with Crippen LogP contribution in [0.25, 0.3) is 0 Å². The van der Waals surface area contributed by atoms with E-state index in [9.17, 15) is 9.59 Å². The molecule has 1 atom stereocenters. The summed E-state index contributed by atoms with van der Waals surface area (Å²) in [4.78, 5) is 23.7. The molecule has 0 aliphatic carbocycles. The average Bonchev–Trinajstić information content (AvgIpc) is 2.58. The Labute approximate surface area is 151 Å².